The number of sulfonamides is 1. The van der Waals surface area contributed by atoms with Crippen LogP contribution in [0, 0.1) is 26.6 Å². The summed E-state index contributed by atoms with van der Waals surface area (Å²) in [4.78, 5) is 12.9. The van der Waals surface area contributed by atoms with Gasteiger partial charge in [0, 0.05) is 24.3 Å². The lowest BCUT2D eigenvalue weighted by Crippen LogP contribution is -2.32. The van der Waals surface area contributed by atoms with E-state index in [0.29, 0.717) is 52.7 Å². The van der Waals surface area contributed by atoms with Crippen LogP contribution in [-0.4, -0.2) is 41.5 Å². The van der Waals surface area contributed by atoms with E-state index in [9.17, 15) is 17.6 Å². The second kappa shape index (κ2) is 10.3. The molecule has 0 aliphatic carbocycles. The first kappa shape index (κ1) is 25.1. The Morgan fingerprint density at radius 1 is 1.00 bits per heavy atom. The van der Waals surface area contributed by atoms with Gasteiger partial charge < -0.3 is 5.32 Å². The maximum Gasteiger partial charge on any atom is 0.255 e. The van der Waals surface area contributed by atoms with Gasteiger partial charge in [-0.05, 0) is 75.1 Å². The van der Waals surface area contributed by atoms with Crippen molar-refractivity contribution in [2.45, 2.75) is 57.9 Å². The number of anilines is 1. The highest BCUT2D eigenvalue weighted by Crippen LogP contribution is 2.26. The van der Waals surface area contributed by atoms with Crippen LogP contribution in [0.25, 0.3) is 0 Å². The molecule has 35 heavy (non-hydrogen) atoms. The number of halogens is 1. The van der Waals surface area contributed by atoms with Crippen LogP contribution in [0.3, 0.4) is 0 Å². The molecule has 0 radical (unpaired) electrons. The molecule has 4 rings (SSSR count). The number of hydrogen-bond donors (Lipinski definition) is 1. The second-order valence-corrected chi connectivity index (χ2v) is 11.0. The molecule has 1 saturated heterocycles. The molecule has 0 spiro atoms. The molecule has 1 aliphatic heterocycles. The number of nitrogens with one attached hydrogen (secondary N) is 1. The van der Waals surface area contributed by atoms with Crippen molar-refractivity contribution in [3.8, 4) is 0 Å². The van der Waals surface area contributed by atoms with E-state index in [-0.39, 0.29) is 11.7 Å². The monoisotopic (exact) mass is 498 g/mol. The fourth-order valence-corrected chi connectivity index (χ4v) is 6.37. The zero-order valence-corrected chi connectivity index (χ0v) is 21.2. The maximum absolute atomic E-state index is 13.5. The minimum absolute atomic E-state index is 0.292. The van der Waals surface area contributed by atoms with Gasteiger partial charge in [0.05, 0.1) is 17.9 Å². The molecular formula is C26H31FN4O3S. The quantitative estimate of drug-likeness (QED) is 0.529. The molecule has 1 amide bonds. The van der Waals surface area contributed by atoms with Gasteiger partial charge in [0.25, 0.3) is 5.91 Å². The SMILES string of the molecule is Cc1cc(NC(=O)c2ccc(Cn3nc(C)c(S(=O)(=O)N4CCCCCC4)c3C)cc2)ccc1F. The molecule has 1 fully saturated rings. The average Bonchev–Trinajstić information content (AvgIpc) is 2.99. The summed E-state index contributed by atoms with van der Waals surface area (Å²) in [5.41, 5.74) is 3.45. The molecule has 0 unspecified atom stereocenters. The third-order valence-corrected chi connectivity index (χ3v) is 8.59. The van der Waals surface area contributed by atoms with Gasteiger partial charge >= 0.3 is 0 Å². The van der Waals surface area contributed by atoms with Gasteiger partial charge in [-0.15, -0.1) is 0 Å². The highest BCUT2D eigenvalue weighted by atomic mass is 32.2. The van der Waals surface area contributed by atoms with Crippen LogP contribution in [0.2, 0.25) is 0 Å². The van der Waals surface area contributed by atoms with Gasteiger partial charge in [0.2, 0.25) is 10.0 Å². The number of benzene rings is 2. The van der Waals surface area contributed by atoms with Crippen molar-refractivity contribution in [1.29, 1.82) is 0 Å². The highest BCUT2D eigenvalue weighted by Gasteiger charge is 2.31. The Balaban J connectivity index is 1.49. The fourth-order valence-electron chi connectivity index (χ4n) is 4.48. The van der Waals surface area contributed by atoms with E-state index < -0.39 is 10.0 Å². The topological polar surface area (TPSA) is 84.3 Å². The lowest BCUT2D eigenvalue weighted by molar-refractivity contribution is 0.102. The van der Waals surface area contributed by atoms with Crippen LogP contribution in [-0.2, 0) is 16.6 Å². The molecule has 9 heteroatoms. The number of carbonyl (C=O) groups is 1. The van der Waals surface area contributed by atoms with Crippen LogP contribution < -0.4 is 5.32 Å². The maximum atomic E-state index is 13.5. The predicted octanol–water partition coefficient (Wildman–Crippen LogP) is 4.81. The van der Waals surface area contributed by atoms with E-state index in [1.54, 1.807) is 48.0 Å². The number of aromatic nitrogens is 2. The van der Waals surface area contributed by atoms with E-state index in [1.165, 1.54) is 12.1 Å². The zero-order chi connectivity index (χ0) is 25.2. The Bertz CT molecular complexity index is 1330. The molecule has 1 aromatic heterocycles. The summed E-state index contributed by atoms with van der Waals surface area (Å²) in [6.45, 7) is 6.65. The second-order valence-electron chi connectivity index (χ2n) is 9.09. The Morgan fingerprint density at radius 2 is 1.66 bits per heavy atom. The normalized spacial score (nSPS) is 15.1. The van der Waals surface area contributed by atoms with Gasteiger partial charge in [0.15, 0.2) is 0 Å². The van der Waals surface area contributed by atoms with Crippen molar-refractivity contribution < 1.29 is 17.6 Å². The summed E-state index contributed by atoms with van der Waals surface area (Å²) in [5, 5.41) is 7.29. The third kappa shape index (κ3) is 5.46. The molecule has 0 bridgehead atoms. The summed E-state index contributed by atoms with van der Waals surface area (Å²) >= 11 is 0. The minimum Gasteiger partial charge on any atom is -0.322 e. The summed E-state index contributed by atoms with van der Waals surface area (Å²) in [6, 6.07) is 11.5. The first-order valence-electron chi connectivity index (χ1n) is 11.9. The standard InChI is InChI=1S/C26H31FN4O3S/c1-18-16-23(12-13-24(18)27)28-26(32)22-10-8-21(9-11-22)17-31-20(3)25(19(2)29-31)35(33,34)30-14-6-4-5-7-15-30/h8-13,16H,4-7,14-15,17H2,1-3H3,(H,28,32). The molecule has 3 aromatic rings. The molecule has 0 atom stereocenters. The molecule has 2 heterocycles. The number of rotatable bonds is 6. The van der Waals surface area contributed by atoms with Crippen molar-refractivity contribution in [2.24, 2.45) is 0 Å². The van der Waals surface area contributed by atoms with E-state index in [1.807, 2.05) is 12.1 Å². The van der Waals surface area contributed by atoms with Gasteiger partial charge in [-0.25, -0.2) is 12.8 Å². The van der Waals surface area contributed by atoms with Crippen LogP contribution in [0.4, 0.5) is 10.1 Å². The minimum atomic E-state index is -3.60. The van der Waals surface area contributed by atoms with Gasteiger partial charge in [-0.2, -0.15) is 9.40 Å². The Kier molecular flexibility index (Phi) is 7.37. The largest absolute Gasteiger partial charge is 0.322 e. The van der Waals surface area contributed by atoms with Crippen molar-refractivity contribution in [2.75, 3.05) is 18.4 Å². The van der Waals surface area contributed by atoms with Crippen molar-refractivity contribution in [1.82, 2.24) is 14.1 Å². The number of hydrogen-bond acceptors (Lipinski definition) is 4. The molecule has 1 N–H and O–H groups in total. The van der Waals surface area contributed by atoms with Crippen LogP contribution in [0.15, 0.2) is 47.4 Å². The van der Waals surface area contributed by atoms with Crippen LogP contribution >= 0.6 is 0 Å². The molecule has 0 saturated carbocycles. The van der Waals surface area contributed by atoms with E-state index in [2.05, 4.69) is 10.4 Å². The first-order valence-corrected chi connectivity index (χ1v) is 13.3. The lowest BCUT2D eigenvalue weighted by atomic mass is 10.1. The summed E-state index contributed by atoms with van der Waals surface area (Å²) < 4.78 is 43.5. The lowest BCUT2D eigenvalue weighted by Gasteiger charge is -2.20. The summed E-state index contributed by atoms with van der Waals surface area (Å²) in [7, 11) is -3.60. The summed E-state index contributed by atoms with van der Waals surface area (Å²) in [6.07, 6.45) is 3.87. The highest BCUT2D eigenvalue weighted by molar-refractivity contribution is 7.89. The Hall–Kier alpha value is -3.04. The molecule has 2 aromatic carbocycles. The zero-order valence-electron chi connectivity index (χ0n) is 20.3. The molecule has 7 nitrogen and oxygen atoms in total. The van der Waals surface area contributed by atoms with Gasteiger partial charge in [-0.1, -0.05) is 25.0 Å². The van der Waals surface area contributed by atoms with Gasteiger partial charge in [0.1, 0.15) is 10.7 Å². The molecule has 186 valence electrons. The van der Waals surface area contributed by atoms with Crippen molar-refractivity contribution >= 4 is 21.6 Å². The predicted molar refractivity (Wildman–Crippen MR) is 134 cm³/mol. The Morgan fingerprint density at radius 3 is 2.29 bits per heavy atom. The molecular weight excluding hydrogens is 467 g/mol. The van der Waals surface area contributed by atoms with E-state index in [0.717, 1.165) is 31.2 Å². The van der Waals surface area contributed by atoms with Crippen LogP contribution in [0.1, 0.15) is 58.6 Å². The average molecular weight is 499 g/mol. The number of aryl methyl sites for hydroxylation is 2. The van der Waals surface area contributed by atoms with Crippen LogP contribution in [0.5, 0.6) is 0 Å². The van der Waals surface area contributed by atoms with Crippen molar-refractivity contribution in [3.63, 3.8) is 0 Å². The fraction of sp³-hybridized carbons (Fsp3) is 0.385. The smallest absolute Gasteiger partial charge is 0.255 e. The Labute approximate surface area is 206 Å². The third-order valence-electron chi connectivity index (χ3n) is 6.44. The van der Waals surface area contributed by atoms with Crippen molar-refractivity contribution in [3.05, 3.63) is 76.4 Å². The van der Waals surface area contributed by atoms with Gasteiger partial charge in [-0.3, -0.25) is 9.48 Å². The first-order chi connectivity index (χ1) is 16.7. The number of amides is 1. The molecule has 1 aliphatic rings. The number of carbonyl (C=O) groups excluding carboxylic acids is 1. The summed E-state index contributed by atoms with van der Waals surface area (Å²) in [5.74, 6) is -0.613. The van der Waals surface area contributed by atoms with E-state index >= 15 is 0 Å². The number of nitrogens with zero attached hydrogens (tertiary/aromatic N) is 3. The van der Waals surface area contributed by atoms with E-state index in [4.69, 9.17) is 0 Å².